The minimum absolute atomic E-state index is 0.0942. The zero-order valence-corrected chi connectivity index (χ0v) is 15.7. The Morgan fingerprint density at radius 1 is 1.13 bits per heavy atom. The van der Waals surface area contributed by atoms with Gasteiger partial charge in [-0.15, -0.1) is 5.10 Å². The van der Waals surface area contributed by atoms with Gasteiger partial charge in [-0.2, -0.15) is 0 Å². The van der Waals surface area contributed by atoms with Crippen LogP contribution in [0.2, 0.25) is 0 Å². The fourth-order valence-electron chi connectivity index (χ4n) is 2.84. The lowest BCUT2D eigenvalue weighted by molar-refractivity contribution is -0.147. The van der Waals surface area contributed by atoms with Gasteiger partial charge in [0.1, 0.15) is 29.5 Å². The first-order chi connectivity index (χ1) is 14.6. The SMILES string of the molecule is O=C(COc1cc(=O)oc2ccccc12)OCc1cn(Cc2cccc(F)c2)nn1. The molecule has 0 aliphatic heterocycles. The molecule has 0 unspecified atom stereocenters. The number of hydrogen-bond donors (Lipinski definition) is 0. The second kappa shape index (κ2) is 8.56. The van der Waals surface area contributed by atoms with Crippen molar-refractivity contribution in [3.8, 4) is 5.75 Å². The number of carbonyl (C=O) groups excluding carboxylic acids is 1. The summed E-state index contributed by atoms with van der Waals surface area (Å²) >= 11 is 0. The molecule has 0 aliphatic carbocycles. The van der Waals surface area contributed by atoms with Gasteiger partial charge in [-0.25, -0.2) is 18.7 Å². The van der Waals surface area contributed by atoms with Crippen molar-refractivity contribution in [2.75, 3.05) is 6.61 Å². The Labute approximate surface area is 169 Å². The standard InChI is InChI=1S/C21H16FN3O5/c22-15-5-3-4-14(8-15)10-25-11-16(23-24-25)12-29-21(27)13-28-19-9-20(26)30-18-7-2-1-6-17(18)19/h1-9,11H,10,12-13H2. The summed E-state index contributed by atoms with van der Waals surface area (Å²) in [7, 11) is 0. The Kier molecular flexibility index (Phi) is 5.51. The topological polar surface area (TPSA) is 96.5 Å². The number of benzene rings is 2. The smallest absolute Gasteiger partial charge is 0.344 e. The molecule has 4 rings (SSSR count). The van der Waals surface area contributed by atoms with Crippen molar-refractivity contribution < 1.29 is 23.1 Å². The highest BCUT2D eigenvalue weighted by atomic mass is 19.1. The minimum atomic E-state index is -0.632. The summed E-state index contributed by atoms with van der Waals surface area (Å²) in [6.45, 7) is -0.140. The molecule has 0 spiro atoms. The highest BCUT2D eigenvalue weighted by Crippen LogP contribution is 2.23. The first-order valence-corrected chi connectivity index (χ1v) is 9.01. The third-order valence-corrected chi connectivity index (χ3v) is 4.16. The lowest BCUT2D eigenvalue weighted by atomic mass is 10.2. The molecule has 2 aromatic heterocycles. The highest BCUT2D eigenvalue weighted by molar-refractivity contribution is 5.83. The summed E-state index contributed by atoms with van der Waals surface area (Å²) in [5.41, 5.74) is 0.956. The monoisotopic (exact) mass is 409 g/mol. The lowest BCUT2D eigenvalue weighted by Gasteiger charge is -2.08. The number of esters is 1. The number of carbonyl (C=O) groups is 1. The molecule has 0 atom stereocenters. The molecular weight excluding hydrogens is 393 g/mol. The van der Waals surface area contributed by atoms with Gasteiger partial charge in [-0.3, -0.25) is 0 Å². The van der Waals surface area contributed by atoms with Gasteiger partial charge < -0.3 is 13.9 Å². The number of hydrogen-bond acceptors (Lipinski definition) is 7. The van der Waals surface area contributed by atoms with E-state index in [0.717, 1.165) is 5.56 Å². The van der Waals surface area contributed by atoms with Crippen LogP contribution in [0.3, 0.4) is 0 Å². The van der Waals surface area contributed by atoms with E-state index < -0.39 is 11.6 Å². The summed E-state index contributed by atoms with van der Waals surface area (Å²) in [4.78, 5) is 23.6. The molecule has 0 N–H and O–H groups in total. The van der Waals surface area contributed by atoms with Crippen LogP contribution in [0.15, 0.2) is 70.0 Å². The normalized spacial score (nSPS) is 10.8. The Morgan fingerprint density at radius 2 is 2.00 bits per heavy atom. The fourth-order valence-corrected chi connectivity index (χ4v) is 2.84. The van der Waals surface area contributed by atoms with Gasteiger partial charge in [0, 0.05) is 0 Å². The van der Waals surface area contributed by atoms with E-state index in [0.29, 0.717) is 23.2 Å². The van der Waals surface area contributed by atoms with Crippen LogP contribution in [0.4, 0.5) is 4.39 Å². The van der Waals surface area contributed by atoms with E-state index in [4.69, 9.17) is 13.9 Å². The second-order valence-electron chi connectivity index (χ2n) is 6.41. The van der Waals surface area contributed by atoms with Crippen molar-refractivity contribution in [3.05, 3.63) is 88.3 Å². The second-order valence-corrected chi connectivity index (χ2v) is 6.41. The van der Waals surface area contributed by atoms with Gasteiger partial charge in [0.25, 0.3) is 0 Å². The molecule has 0 aliphatic rings. The first-order valence-electron chi connectivity index (χ1n) is 9.01. The zero-order chi connectivity index (χ0) is 20.9. The molecule has 0 amide bonds. The van der Waals surface area contributed by atoms with Crippen LogP contribution in [-0.4, -0.2) is 27.6 Å². The van der Waals surface area contributed by atoms with Gasteiger partial charge in [0.2, 0.25) is 0 Å². The van der Waals surface area contributed by atoms with Gasteiger partial charge in [-0.1, -0.05) is 29.5 Å². The number of nitrogens with zero attached hydrogens (tertiary/aromatic N) is 3. The third-order valence-electron chi connectivity index (χ3n) is 4.16. The summed E-state index contributed by atoms with van der Waals surface area (Å²) < 4.78 is 30.4. The molecule has 0 radical (unpaired) electrons. The van der Waals surface area contributed by atoms with E-state index in [1.807, 2.05) is 0 Å². The van der Waals surface area contributed by atoms with Gasteiger partial charge in [-0.05, 0) is 29.8 Å². The van der Waals surface area contributed by atoms with Crippen LogP contribution in [0, 0.1) is 5.82 Å². The van der Waals surface area contributed by atoms with Crippen molar-refractivity contribution in [3.63, 3.8) is 0 Å². The van der Waals surface area contributed by atoms with Crippen molar-refractivity contribution in [2.24, 2.45) is 0 Å². The van der Waals surface area contributed by atoms with Gasteiger partial charge >= 0.3 is 11.6 Å². The van der Waals surface area contributed by atoms with Crippen molar-refractivity contribution in [1.29, 1.82) is 0 Å². The fraction of sp³-hybridized carbons (Fsp3) is 0.143. The Morgan fingerprint density at radius 3 is 2.87 bits per heavy atom. The maximum atomic E-state index is 13.3. The first kappa shape index (κ1) is 19.3. The number of aromatic nitrogens is 3. The average molecular weight is 409 g/mol. The molecule has 9 heteroatoms. The van der Waals surface area contributed by atoms with Crippen LogP contribution in [0.5, 0.6) is 5.75 Å². The molecule has 152 valence electrons. The predicted molar refractivity (Wildman–Crippen MR) is 103 cm³/mol. The summed E-state index contributed by atoms with van der Waals surface area (Å²) in [6.07, 6.45) is 1.61. The van der Waals surface area contributed by atoms with E-state index in [1.54, 1.807) is 42.6 Å². The van der Waals surface area contributed by atoms with Crippen molar-refractivity contribution in [1.82, 2.24) is 15.0 Å². The molecule has 0 saturated carbocycles. The van der Waals surface area contributed by atoms with E-state index in [1.165, 1.54) is 22.9 Å². The van der Waals surface area contributed by atoms with Crippen molar-refractivity contribution in [2.45, 2.75) is 13.2 Å². The predicted octanol–water partition coefficient (Wildman–Crippen LogP) is 2.69. The highest BCUT2D eigenvalue weighted by Gasteiger charge is 2.11. The summed E-state index contributed by atoms with van der Waals surface area (Å²) in [6, 6.07) is 14.2. The van der Waals surface area contributed by atoms with Crippen LogP contribution in [0.1, 0.15) is 11.3 Å². The molecule has 2 aromatic carbocycles. The Bertz CT molecular complexity index is 1250. The number of ether oxygens (including phenoxy) is 2. The van der Waals surface area contributed by atoms with Gasteiger partial charge in [0.05, 0.1) is 24.2 Å². The molecule has 4 aromatic rings. The minimum Gasteiger partial charge on any atom is -0.481 e. The molecule has 2 heterocycles. The average Bonchev–Trinajstić information content (AvgIpc) is 3.17. The molecule has 0 bridgehead atoms. The van der Waals surface area contributed by atoms with E-state index >= 15 is 0 Å². The molecular formula is C21H16FN3O5. The largest absolute Gasteiger partial charge is 0.481 e. The maximum Gasteiger partial charge on any atom is 0.344 e. The Hall–Kier alpha value is -4.01. The molecule has 30 heavy (non-hydrogen) atoms. The van der Waals surface area contributed by atoms with Crippen LogP contribution in [-0.2, 0) is 22.7 Å². The summed E-state index contributed by atoms with van der Waals surface area (Å²) in [5, 5.41) is 8.43. The number of rotatable bonds is 7. The molecule has 0 saturated heterocycles. The quantitative estimate of drug-likeness (QED) is 0.342. The third kappa shape index (κ3) is 4.69. The van der Waals surface area contributed by atoms with E-state index in [9.17, 15) is 14.0 Å². The van der Waals surface area contributed by atoms with Crippen molar-refractivity contribution >= 4 is 16.9 Å². The van der Waals surface area contributed by atoms with Crippen LogP contribution in [0.25, 0.3) is 11.0 Å². The zero-order valence-electron chi connectivity index (χ0n) is 15.7. The number of fused-ring (bicyclic) bond motifs is 1. The van der Waals surface area contributed by atoms with E-state index in [-0.39, 0.29) is 24.8 Å². The van der Waals surface area contributed by atoms with E-state index in [2.05, 4.69) is 10.3 Å². The maximum absolute atomic E-state index is 13.3. The molecule has 0 fully saturated rings. The summed E-state index contributed by atoms with van der Waals surface area (Å²) in [5.74, 6) is -0.724. The lowest BCUT2D eigenvalue weighted by Crippen LogP contribution is -2.15. The number of halogens is 1. The number of para-hydroxylation sites is 1. The van der Waals surface area contributed by atoms with Gasteiger partial charge in [0.15, 0.2) is 6.61 Å². The van der Waals surface area contributed by atoms with Crippen LogP contribution < -0.4 is 10.4 Å². The van der Waals surface area contributed by atoms with Crippen LogP contribution >= 0.6 is 0 Å². The molecule has 8 nitrogen and oxygen atoms in total. The Balaban J connectivity index is 1.32.